The molecule has 8 heteroatoms. The SMILES string of the molecule is CN(C)c1cc(-c2ccc(CC(C#N)NC=O)cc2)ccc1O.COC1(C)CNCC(C)OC1. The standard InChI is InChI=1S/C18H19N3O2.C8H17NO2/c1-21(2)17-10-15(7-8-18(17)23)14-5-3-13(4-6-14)9-16(11-19)20-12-22;1-7-4-9-5-8(2,10-3)6-11-7/h3-8,10,12,16,23H,9H2,1-2H3,(H,20,22);7,9H,4-6H2,1-3H3. The van der Waals surface area contributed by atoms with E-state index in [9.17, 15) is 9.90 Å². The molecule has 1 aliphatic rings. The van der Waals surface area contributed by atoms with E-state index in [2.05, 4.69) is 24.5 Å². The molecule has 0 saturated carbocycles. The molecule has 1 heterocycles. The summed E-state index contributed by atoms with van der Waals surface area (Å²) in [4.78, 5) is 12.3. The van der Waals surface area contributed by atoms with Gasteiger partial charge in [-0.3, -0.25) is 4.79 Å². The Morgan fingerprint density at radius 1 is 1.32 bits per heavy atom. The van der Waals surface area contributed by atoms with Crippen molar-refractivity contribution < 1.29 is 19.4 Å². The Hall–Kier alpha value is -3.12. The monoisotopic (exact) mass is 468 g/mol. The summed E-state index contributed by atoms with van der Waals surface area (Å²) >= 11 is 0. The molecular weight excluding hydrogens is 432 g/mol. The van der Waals surface area contributed by atoms with Crippen LogP contribution in [0.2, 0.25) is 0 Å². The molecule has 3 rings (SSSR count). The van der Waals surface area contributed by atoms with Gasteiger partial charge in [-0.15, -0.1) is 0 Å². The fourth-order valence-electron chi connectivity index (χ4n) is 3.45. The van der Waals surface area contributed by atoms with Crippen LogP contribution in [0, 0.1) is 11.3 Å². The van der Waals surface area contributed by atoms with E-state index < -0.39 is 6.04 Å². The summed E-state index contributed by atoms with van der Waals surface area (Å²) < 4.78 is 10.8. The summed E-state index contributed by atoms with van der Waals surface area (Å²) in [7, 11) is 5.48. The number of aromatic hydroxyl groups is 1. The fraction of sp³-hybridized carbons (Fsp3) is 0.462. The summed E-state index contributed by atoms with van der Waals surface area (Å²) in [6.07, 6.45) is 1.31. The highest BCUT2D eigenvalue weighted by molar-refractivity contribution is 5.72. The minimum atomic E-state index is -0.521. The maximum absolute atomic E-state index is 10.4. The van der Waals surface area contributed by atoms with Gasteiger partial charge >= 0.3 is 0 Å². The van der Waals surface area contributed by atoms with Gasteiger partial charge in [0.1, 0.15) is 17.4 Å². The van der Waals surface area contributed by atoms with Crippen LogP contribution in [0.1, 0.15) is 19.4 Å². The first-order chi connectivity index (χ1) is 16.2. The zero-order valence-electron chi connectivity index (χ0n) is 20.7. The highest BCUT2D eigenvalue weighted by Gasteiger charge is 2.27. The largest absolute Gasteiger partial charge is 0.506 e. The van der Waals surface area contributed by atoms with Gasteiger partial charge in [-0.2, -0.15) is 5.26 Å². The first-order valence-electron chi connectivity index (χ1n) is 11.3. The molecule has 0 radical (unpaired) electrons. The molecule has 1 saturated heterocycles. The number of benzene rings is 2. The lowest BCUT2D eigenvalue weighted by molar-refractivity contribution is -0.109. The molecule has 2 aromatic carbocycles. The van der Waals surface area contributed by atoms with Crippen molar-refractivity contribution in [2.45, 2.75) is 38.0 Å². The maximum atomic E-state index is 10.4. The minimum Gasteiger partial charge on any atom is -0.506 e. The van der Waals surface area contributed by atoms with Gasteiger partial charge < -0.3 is 30.1 Å². The van der Waals surface area contributed by atoms with E-state index in [-0.39, 0.29) is 11.4 Å². The van der Waals surface area contributed by atoms with Crippen molar-refractivity contribution in [2.75, 3.05) is 45.8 Å². The van der Waals surface area contributed by atoms with Gasteiger partial charge in [-0.1, -0.05) is 30.3 Å². The quantitative estimate of drug-likeness (QED) is 0.537. The van der Waals surface area contributed by atoms with Crippen molar-refractivity contribution in [2.24, 2.45) is 0 Å². The first-order valence-corrected chi connectivity index (χ1v) is 11.3. The lowest BCUT2D eigenvalue weighted by Gasteiger charge is -2.25. The van der Waals surface area contributed by atoms with E-state index in [1.54, 1.807) is 13.2 Å². The molecule has 8 nitrogen and oxygen atoms in total. The van der Waals surface area contributed by atoms with Crippen molar-refractivity contribution in [3.8, 4) is 22.9 Å². The Kier molecular flexibility index (Phi) is 10.3. The van der Waals surface area contributed by atoms with E-state index in [1.165, 1.54) is 0 Å². The number of hydrogen-bond acceptors (Lipinski definition) is 7. The molecule has 0 aromatic heterocycles. The van der Waals surface area contributed by atoms with E-state index in [0.29, 0.717) is 25.5 Å². The average Bonchev–Trinajstić information content (AvgIpc) is 3.01. The molecule has 3 atom stereocenters. The van der Waals surface area contributed by atoms with Gasteiger partial charge in [-0.05, 0) is 42.7 Å². The van der Waals surface area contributed by atoms with E-state index >= 15 is 0 Å². The topological polar surface area (TPSA) is 107 Å². The zero-order chi connectivity index (χ0) is 25.1. The third kappa shape index (κ3) is 8.03. The van der Waals surface area contributed by atoms with E-state index in [4.69, 9.17) is 14.7 Å². The van der Waals surface area contributed by atoms with Gasteiger partial charge in [0.05, 0.1) is 24.5 Å². The number of ether oxygens (including phenoxy) is 2. The van der Waals surface area contributed by atoms with Crippen molar-refractivity contribution in [1.82, 2.24) is 10.6 Å². The van der Waals surface area contributed by atoms with Gasteiger partial charge in [0.15, 0.2) is 0 Å². The Balaban J connectivity index is 0.000000310. The molecule has 0 bridgehead atoms. The molecule has 0 aliphatic carbocycles. The summed E-state index contributed by atoms with van der Waals surface area (Å²) in [6, 6.07) is 14.8. The first kappa shape index (κ1) is 27.1. The third-order valence-electron chi connectivity index (χ3n) is 5.71. The number of phenolic OH excluding ortho intramolecular Hbond substituents is 1. The number of carbonyl (C=O) groups is 1. The number of carbonyl (C=O) groups excluding carboxylic acids is 1. The predicted octanol–water partition coefficient (Wildman–Crippen LogP) is 2.71. The Bertz CT molecular complexity index is 958. The Labute approximate surface area is 202 Å². The molecule has 184 valence electrons. The number of methoxy groups -OCH3 is 1. The van der Waals surface area contributed by atoms with E-state index in [0.717, 1.165) is 35.5 Å². The van der Waals surface area contributed by atoms with E-state index in [1.807, 2.05) is 61.5 Å². The van der Waals surface area contributed by atoms with Crippen LogP contribution >= 0.6 is 0 Å². The van der Waals surface area contributed by atoms with Gasteiger partial charge in [0.25, 0.3) is 0 Å². The van der Waals surface area contributed by atoms with Crippen LogP contribution < -0.4 is 15.5 Å². The summed E-state index contributed by atoms with van der Waals surface area (Å²) in [5.41, 5.74) is 3.60. The lowest BCUT2D eigenvalue weighted by atomic mass is 10.0. The Morgan fingerprint density at radius 3 is 2.59 bits per heavy atom. The van der Waals surface area contributed by atoms with Crippen LogP contribution in [0.25, 0.3) is 11.1 Å². The second-order valence-corrected chi connectivity index (χ2v) is 8.87. The van der Waals surface area contributed by atoms with Gasteiger partial charge in [0.2, 0.25) is 6.41 Å². The highest BCUT2D eigenvalue weighted by Crippen LogP contribution is 2.31. The minimum absolute atomic E-state index is 0.148. The van der Waals surface area contributed by atoms with Crippen LogP contribution in [0.3, 0.4) is 0 Å². The highest BCUT2D eigenvalue weighted by atomic mass is 16.5. The number of nitrogens with one attached hydrogen (secondary N) is 2. The second-order valence-electron chi connectivity index (χ2n) is 8.87. The molecular formula is C26H36N4O4. The number of amides is 1. The summed E-state index contributed by atoms with van der Waals surface area (Å²) in [6.45, 7) is 6.58. The number of nitrogens with zero attached hydrogens (tertiary/aromatic N) is 2. The number of anilines is 1. The second kappa shape index (κ2) is 12.9. The van der Waals surface area contributed by atoms with Crippen LogP contribution in [0.15, 0.2) is 42.5 Å². The molecule has 1 amide bonds. The Morgan fingerprint density at radius 2 is 2.00 bits per heavy atom. The molecule has 2 aromatic rings. The summed E-state index contributed by atoms with van der Waals surface area (Å²) in [5.74, 6) is 0.243. The molecule has 1 aliphatic heterocycles. The number of hydrogen-bond donors (Lipinski definition) is 3. The predicted molar refractivity (Wildman–Crippen MR) is 134 cm³/mol. The number of phenols is 1. The van der Waals surface area contributed by atoms with Gasteiger partial charge in [-0.25, -0.2) is 0 Å². The molecule has 34 heavy (non-hydrogen) atoms. The average molecular weight is 469 g/mol. The summed E-state index contributed by atoms with van der Waals surface area (Å²) in [5, 5.41) is 24.6. The van der Waals surface area contributed by atoms with Crippen LogP contribution in [0.4, 0.5) is 5.69 Å². The smallest absolute Gasteiger partial charge is 0.208 e. The van der Waals surface area contributed by atoms with Crippen LogP contribution in [-0.2, 0) is 20.7 Å². The van der Waals surface area contributed by atoms with Crippen molar-refractivity contribution in [1.29, 1.82) is 5.26 Å². The molecule has 3 N–H and O–H groups in total. The van der Waals surface area contributed by atoms with Crippen LogP contribution in [-0.4, -0.2) is 70.2 Å². The maximum Gasteiger partial charge on any atom is 0.208 e. The molecule has 1 fully saturated rings. The fourth-order valence-corrected chi connectivity index (χ4v) is 3.45. The normalized spacial score (nSPS) is 20.6. The number of nitriles is 1. The zero-order valence-corrected chi connectivity index (χ0v) is 20.7. The van der Waals surface area contributed by atoms with Gasteiger partial charge in [0, 0.05) is 40.7 Å². The molecule has 0 spiro atoms. The number of rotatable bonds is 7. The van der Waals surface area contributed by atoms with Crippen LogP contribution in [0.5, 0.6) is 5.75 Å². The van der Waals surface area contributed by atoms with Crippen molar-refractivity contribution in [3.05, 3.63) is 48.0 Å². The molecule has 3 unspecified atom stereocenters. The third-order valence-corrected chi connectivity index (χ3v) is 5.71. The van der Waals surface area contributed by atoms with Crippen molar-refractivity contribution >= 4 is 12.1 Å². The lowest BCUT2D eigenvalue weighted by Crippen LogP contribution is -2.41. The van der Waals surface area contributed by atoms with Crippen molar-refractivity contribution in [3.63, 3.8) is 0 Å².